The zero-order valence-electron chi connectivity index (χ0n) is 4.81. The molecule has 46 valence electrons. The Bertz CT molecular complexity index is 256. The molecular formula is C6H4BrNS. The maximum atomic E-state index is 4.06. The van der Waals surface area contributed by atoms with Crippen molar-refractivity contribution in [1.82, 2.24) is 4.98 Å². The van der Waals surface area contributed by atoms with Gasteiger partial charge in [0.15, 0.2) is 5.01 Å². The molecule has 0 aliphatic carbocycles. The molecule has 0 N–H and O–H groups in total. The first-order valence-corrected chi connectivity index (χ1v) is 4.04. The standard InChI is InChI=1S/C6H4BrNS/c1-2-3-6-8-5(7)4-9-6/h4H,1H3. The summed E-state index contributed by atoms with van der Waals surface area (Å²) in [5.41, 5.74) is 0. The van der Waals surface area contributed by atoms with Crippen molar-refractivity contribution in [2.24, 2.45) is 0 Å². The van der Waals surface area contributed by atoms with Gasteiger partial charge in [-0.05, 0) is 28.8 Å². The molecular weight excluding hydrogens is 198 g/mol. The molecule has 0 spiro atoms. The summed E-state index contributed by atoms with van der Waals surface area (Å²) in [7, 11) is 0. The second kappa shape index (κ2) is 3.00. The third-order valence-electron chi connectivity index (χ3n) is 0.708. The fourth-order valence-corrected chi connectivity index (χ4v) is 1.57. The number of halogens is 1. The molecule has 3 heteroatoms. The summed E-state index contributed by atoms with van der Waals surface area (Å²) in [5.74, 6) is 5.63. The number of hydrogen-bond donors (Lipinski definition) is 0. The average Bonchev–Trinajstić information content (AvgIpc) is 2.17. The molecule has 0 aliphatic rings. The fraction of sp³-hybridized carbons (Fsp3) is 0.167. The molecule has 0 aliphatic heterocycles. The van der Waals surface area contributed by atoms with Crippen LogP contribution in [0.5, 0.6) is 0 Å². The molecule has 0 saturated carbocycles. The highest BCUT2D eigenvalue weighted by molar-refractivity contribution is 9.10. The smallest absolute Gasteiger partial charge is 0.168 e. The van der Waals surface area contributed by atoms with Gasteiger partial charge in [-0.3, -0.25) is 0 Å². The number of nitrogens with zero attached hydrogens (tertiary/aromatic N) is 1. The van der Waals surface area contributed by atoms with Crippen LogP contribution in [0.2, 0.25) is 0 Å². The second-order valence-electron chi connectivity index (χ2n) is 1.35. The van der Waals surface area contributed by atoms with Crippen molar-refractivity contribution >= 4 is 27.3 Å². The van der Waals surface area contributed by atoms with Crippen LogP contribution < -0.4 is 0 Å². The van der Waals surface area contributed by atoms with E-state index >= 15 is 0 Å². The molecule has 1 rings (SSSR count). The Morgan fingerprint density at radius 1 is 1.78 bits per heavy atom. The van der Waals surface area contributed by atoms with E-state index in [9.17, 15) is 0 Å². The van der Waals surface area contributed by atoms with E-state index in [0.717, 1.165) is 9.61 Å². The van der Waals surface area contributed by atoms with Crippen molar-refractivity contribution in [2.75, 3.05) is 0 Å². The number of aromatic nitrogens is 1. The molecule has 1 nitrogen and oxygen atoms in total. The van der Waals surface area contributed by atoms with Crippen LogP contribution in [-0.4, -0.2) is 4.98 Å². The largest absolute Gasteiger partial charge is 0.221 e. The Labute approximate surface area is 66.3 Å². The van der Waals surface area contributed by atoms with Crippen LogP contribution in [0, 0.1) is 11.8 Å². The summed E-state index contributed by atoms with van der Waals surface area (Å²) in [4.78, 5) is 4.06. The van der Waals surface area contributed by atoms with Crippen LogP contribution in [0.25, 0.3) is 0 Å². The van der Waals surface area contributed by atoms with E-state index < -0.39 is 0 Å². The Morgan fingerprint density at radius 2 is 2.56 bits per heavy atom. The maximum absolute atomic E-state index is 4.06. The first-order valence-electron chi connectivity index (χ1n) is 2.36. The van der Waals surface area contributed by atoms with Gasteiger partial charge in [-0.15, -0.1) is 11.3 Å². The van der Waals surface area contributed by atoms with Crippen LogP contribution in [-0.2, 0) is 0 Å². The maximum Gasteiger partial charge on any atom is 0.168 e. The highest BCUT2D eigenvalue weighted by Gasteiger charge is 1.91. The van der Waals surface area contributed by atoms with Gasteiger partial charge in [0.05, 0.1) is 0 Å². The van der Waals surface area contributed by atoms with Gasteiger partial charge in [0.25, 0.3) is 0 Å². The summed E-state index contributed by atoms with van der Waals surface area (Å²) in [5, 5.41) is 2.78. The van der Waals surface area contributed by atoms with Crippen LogP contribution in [0.15, 0.2) is 9.98 Å². The third-order valence-corrected chi connectivity index (χ3v) is 2.18. The lowest BCUT2D eigenvalue weighted by Gasteiger charge is -1.71. The lowest BCUT2D eigenvalue weighted by Crippen LogP contribution is -1.66. The molecule has 0 aromatic carbocycles. The van der Waals surface area contributed by atoms with E-state index in [0.29, 0.717) is 0 Å². The third kappa shape index (κ3) is 1.81. The van der Waals surface area contributed by atoms with Crippen LogP contribution in [0.1, 0.15) is 11.9 Å². The van der Waals surface area contributed by atoms with Crippen LogP contribution in [0.4, 0.5) is 0 Å². The summed E-state index contributed by atoms with van der Waals surface area (Å²) >= 11 is 4.78. The van der Waals surface area contributed by atoms with E-state index in [1.54, 1.807) is 18.3 Å². The topological polar surface area (TPSA) is 12.9 Å². The van der Waals surface area contributed by atoms with Gasteiger partial charge in [-0.2, -0.15) is 0 Å². The lowest BCUT2D eigenvalue weighted by molar-refractivity contribution is 1.33. The molecule has 0 bridgehead atoms. The number of hydrogen-bond acceptors (Lipinski definition) is 2. The van der Waals surface area contributed by atoms with Gasteiger partial charge in [0.2, 0.25) is 0 Å². The van der Waals surface area contributed by atoms with E-state index in [-0.39, 0.29) is 0 Å². The van der Waals surface area contributed by atoms with E-state index in [4.69, 9.17) is 0 Å². The highest BCUT2D eigenvalue weighted by Crippen LogP contribution is 2.13. The van der Waals surface area contributed by atoms with Crippen molar-refractivity contribution in [3.63, 3.8) is 0 Å². The van der Waals surface area contributed by atoms with Gasteiger partial charge in [-0.1, -0.05) is 5.92 Å². The van der Waals surface area contributed by atoms with Crippen molar-refractivity contribution in [1.29, 1.82) is 0 Å². The van der Waals surface area contributed by atoms with Crippen molar-refractivity contribution < 1.29 is 0 Å². The Morgan fingerprint density at radius 3 is 3.00 bits per heavy atom. The molecule has 0 amide bonds. The highest BCUT2D eigenvalue weighted by atomic mass is 79.9. The van der Waals surface area contributed by atoms with Gasteiger partial charge < -0.3 is 0 Å². The zero-order chi connectivity index (χ0) is 6.69. The Hall–Kier alpha value is -0.330. The molecule has 0 saturated heterocycles. The quantitative estimate of drug-likeness (QED) is 0.588. The summed E-state index contributed by atoms with van der Waals surface area (Å²) in [6, 6.07) is 0. The van der Waals surface area contributed by atoms with Crippen molar-refractivity contribution in [3.8, 4) is 11.8 Å². The van der Waals surface area contributed by atoms with E-state index in [1.165, 1.54) is 0 Å². The van der Waals surface area contributed by atoms with Crippen molar-refractivity contribution in [2.45, 2.75) is 6.92 Å². The average molecular weight is 202 g/mol. The van der Waals surface area contributed by atoms with Crippen LogP contribution in [0.3, 0.4) is 0 Å². The summed E-state index contributed by atoms with van der Waals surface area (Å²) < 4.78 is 0.866. The first-order chi connectivity index (χ1) is 4.33. The molecule has 9 heavy (non-hydrogen) atoms. The molecule has 1 aromatic rings. The Kier molecular flexibility index (Phi) is 2.26. The van der Waals surface area contributed by atoms with E-state index in [1.807, 2.05) is 5.38 Å². The summed E-state index contributed by atoms with van der Waals surface area (Å²) in [6.07, 6.45) is 0. The normalized spacial score (nSPS) is 8.22. The minimum atomic E-state index is 0.865. The molecule has 1 aromatic heterocycles. The van der Waals surface area contributed by atoms with Crippen LogP contribution >= 0.6 is 27.3 Å². The molecule has 0 unspecified atom stereocenters. The molecule has 0 fully saturated rings. The van der Waals surface area contributed by atoms with Gasteiger partial charge in [0, 0.05) is 5.38 Å². The monoisotopic (exact) mass is 201 g/mol. The molecule has 0 radical (unpaired) electrons. The first kappa shape index (κ1) is 6.79. The number of rotatable bonds is 0. The second-order valence-corrected chi connectivity index (χ2v) is 3.02. The summed E-state index contributed by atoms with van der Waals surface area (Å²) in [6.45, 7) is 1.80. The zero-order valence-corrected chi connectivity index (χ0v) is 7.21. The van der Waals surface area contributed by atoms with Gasteiger partial charge in [0.1, 0.15) is 4.60 Å². The van der Waals surface area contributed by atoms with Gasteiger partial charge >= 0.3 is 0 Å². The predicted octanol–water partition coefficient (Wildman–Crippen LogP) is 2.28. The predicted molar refractivity (Wildman–Crippen MR) is 42.4 cm³/mol. The van der Waals surface area contributed by atoms with Gasteiger partial charge in [-0.25, -0.2) is 4.98 Å². The minimum Gasteiger partial charge on any atom is -0.221 e. The fourth-order valence-electron chi connectivity index (χ4n) is 0.418. The number of thiazole rings is 1. The van der Waals surface area contributed by atoms with E-state index in [2.05, 4.69) is 32.8 Å². The minimum absolute atomic E-state index is 0.865. The van der Waals surface area contributed by atoms with Crippen molar-refractivity contribution in [3.05, 3.63) is 15.0 Å². The SMILES string of the molecule is CC#Cc1nc(Br)cs1. The Balaban J connectivity index is 2.93. The molecule has 1 heterocycles. The molecule has 0 atom stereocenters. The lowest BCUT2D eigenvalue weighted by atomic mass is 10.6.